The third-order valence-electron chi connectivity index (χ3n) is 5.06. The fraction of sp³-hybridized carbons (Fsp3) is 0.571. The van der Waals surface area contributed by atoms with Crippen molar-refractivity contribution in [1.82, 2.24) is 14.7 Å². The first-order valence-electron chi connectivity index (χ1n) is 10.0. The summed E-state index contributed by atoms with van der Waals surface area (Å²) in [4.78, 5) is 41.9. The Morgan fingerprint density at radius 2 is 1.57 bits per heavy atom. The van der Waals surface area contributed by atoms with Gasteiger partial charge in [-0.3, -0.25) is 19.3 Å². The molecule has 1 saturated heterocycles. The maximum Gasteiger partial charge on any atom is 0.260 e. The SMILES string of the molecule is CCC(=O)c1ccc(OCC(=O)N2CCN(CC(=O)N(CC)CC)CC2)cc1. The Labute approximate surface area is 167 Å². The molecule has 0 aromatic heterocycles. The average Bonchev–Trinajstić information content (AvgIpc) is 2.73. The molecule has 2 amide bonds. The number of ether oxygens (including phenoxy) is 1. The van der Waals surface area contributed by atoms with E-state index in [2.05, 4.69) is 4.90 Å². The summed E-state index contributed by atoms with van der Waals surface area (Å²) in [6.07, 6.45) is 0.463. The van der Waals surface area contributed by atoms with Crippen molar-refractivity contribution in [2.45, 2.75) is 27.2 Å². The standard InChI is InChI=1S/C21H31N3O4/c1-4-19(25)17-7-9-18(10-8-17)28-16-21(27)24-13-11-22(12-14-24)15-20(26)23(5-2)6-3/h7-10H,4-6,11-16H2,1-3H3. The molecule has 2 rings (SSSR count). The molecule has 1 aromatic rings. The number of carbonyl (C=O) groups is 3. The molecular weight excluding hydrogens is 358 g/mol. The van der Waals surface area contributed by atoms with Crippen LogP contribution in [-0.4, -0.2) is 84.7 Å². The van der Waals surface area contributed by atoms with Crippen molar-refractivity contribution in [1.29, 1.82) is 0 Å². The van der Waals surface area contributed by atoms with E-state index in [0.29, 0.717) is 50.5 Å². The second-order valence-corrected chi connectivity index (χ2v) is 6.81. The van der Waals surface area contributed by atoms with E-state index in [9.17, 15) is 14.4 Å². The summed E-state index contributed by atoms with van der Waals surface area (Å²) in [5, 5.41) is 0. The van der Waals surface area contributed by atoms with Crippen molar-refractivity contribution >= 4 is 17.6 Å². The van der Waals surface area contributed by atoms with Crippen molar-refractivity contribution in [3.05, 3.63) is 29.8 Å². The lowest BCUT2D eigenvalue weighted by Crippen LogP contribution is -2.52. The fourth-order valence-corrected chi connectivity index (χ4v) is 3.20. The van der Waals surface area contributed by atoms with Crippen LogP contribution in [0.15, 0.2) is 24.3 Å². The van der Waals surface area contributed by atoms with E-state index in [1.807, 2.05) is 25.7 Å². The normalized spacial score (nSPS) is 14.6. The largest absolute Gasteiger partial charge is 0.484 e. The van der Waals surface area contributed by atoms with Crippen LogP contribution in [0.4, 0.5) is 0 Å². The molecule has 28 heavy (non-hydrogen) atoms. The Kier molecular flexibility index (Phi) is 8.44. The average molecular weight is 389 g/mol. The third-order valence-corrected chi connectivity index (χ3v) is 5.06. The number of rotatable bonds is 9. The van der Waals surface area contributed by atoms with Crippen LogP contribution in [-0.2, 0) is 9.59 Å². The Hall–Kier alpha value is -2.41. The maximum atomic E-state index is 12.4. The molecule has 0 atom stereocenters. The first-order chi connectivity index (χ1) is 13.5. The molecule has 0 N–H and O–H groups in total. The minimum Gasteiger partial charge on any atom is -0.484 e. The van der Waals surface area contributed by atoms with Crippen LogP contribution in [0.5, 0.6) is 5.75 Å². The van der Waals surface area contributed by atoms with Crippen LogP contribution >= 0.6 is 0 Å². The first kappa shape index (κ1) is 21.9. The van der Waals surface area contributed by atoms with E-state index in [0.717, 1.165) is 13.1 Å². The minimum absolute atomic E-state index is 0.0283. The van der Waals surface area contributed by atoms with E-state index in [-0.39, 0.29) is 24.2 Å². The predicted octanol–water partition coefficient (Wildman–Crippen LogP) is 1.67. The molecule has 0 radical (unpaired) electrons. The number of carbonyl (C=O) groups excluding carboxylic acids is 3. The Balaban J connectivity index is 1.74. The van der Waals surface area contributed by atoms with Gasteiger partial charge in [-0.05, 0) is 38.1 Å². The van der Waals surface area contributed by atoms with Crippen LogP contribution in [0.25, 0.3) is 0 Å². The number of benzene rings is 1. The van der Waals surface area contributed by atoms with Crippen LogP contribution in [0, 0.1) is 0 Å². The zero-order valence-corrected chi connectivity index (χ0v) is 17.1. The lowest BCUT2D eigenvalue weighted by atomic mass is 10.1. The van der Waals surface area contributed by atoms with Gasteiger partial charge in [-0.15, -0.1) is 0 Å². The van der Waals surface area contributed by atoms with Crippen LogP contribution in [0.1, 0.15) is 37.6 Å². The highest BCUT2D eigenvalue weighted by atomic mass is 16.5. The summed E-state index contributed by atoms with van der Waals surface area (Å²) in [6, 6.07) is 6.87. The lowest BCUT2D eigenvalue weighted by Gasteiger charge is -2.35. The van der Waals surface area contributed by atoms with Gasteiger partial charge in [0.2, 0.25) is 5.91 Å². The van der Waals surface area contributed by atoms with E-state index < -0.39 is 0 Å². The summed E-state index contributed by atoms with van der Waals surface area (Å²) in [5.74, 6) is 0.728. The quantitative estimate of drug-likeness (QED) is 0.601. The molecular formula is C21H31N3O4. The van der Waals surface area contributed by atoms with Crippen molar-refractivity contribution in [2.24, 2.45) is 0 Å². The van der Waals surface area contributed by atoms with Gasteiger partial charge in [-0.25, -0.2) is 0 Å². The van der Waals surface area contributed by atoms with Gasteiger partial charge in [-0.1, -0.05) is 6.92 Å². The number of ketones is 1. The van der Waals surface area contributed by atoms with Crippen molar-refractivity contribution < 1.29 is 19.1 Å². The number of likely N-dealkylation sites (N-methyl/N-ethyl adjacent to an activating group) is 1. The second-order valence-electron chi connectivity index (χ2n) is 6.81. The van der Waals surface area contributed by atoms with Gasteiger partial charge in [-0.2, -0.15) is 0 Å². The van der Waals surface area contributed by atoms with Crippen LogP contribution < -0.4 is 4.74 Å². The highest BCUT2D eigenvalue weighted by Crippen LogP contribution is 2.14. The number of piperazine rings is 1. The van der Waals surface area contributed by atoms with Crippen molar-refractivity contribution in [3.8, 4) is 5.75 Å². The summed E-state index contributed by atoms with van der Waals surface area (Å²) in [6.45, 7) is 10.2. The molecule has 7 heteroatoms. The van der Waals surface area contributed by atoms with Gasteiger partial charge < -0.3 is 14.5 Å². The highest BCUT2D eigenvalue weighted by molar-refractivity contribution is 5.95. The van der Waals surface area contributed by atoms with Crippen molar-refractivity contribution in [2.75, 3.05) is 52.4 Å². The summed E-state index contributed by atoms with van der Waals surface area (Å²) >= 11 is 0. The Morgan fingerprint density at radius 3 is 2.11 bits per heavy atom. The van der Waals surface area contributed by atoms with E-state index in [4.69, 9.17) is 4.74 Å². The molecule has 1 aliphatic heterocycles. The Bertz CT molecular complexity index is 663. The molecule has 154 valence electrons. The van der Waals surface area contributed by atoms with Crippen LogP contribution in [0.2, 0.25) is 0 Å². The molecule has 1 aliphatic rings. The van der Waals surface area contributed by atoms with Gasteiger partial charge in [0.15, 0.2) is 12.4 Å². The molecule has 0 spiro atoms. The summed E-state index contributed by atoms with van der Waals surface area (Å²) in [7, 11) is 0. The van der Waals surface area contributed by atoms with Crippen LogP contribution in [0.3, 0.4) is 0 Å². The number of hydrogen-bond acceptors (Lipinski definition) is 5. The monoisotopic (exact) mass is 389 g/mol. The Morgan fingerprint density at radius 1 is 0.964 bits per heavy atom. The number of nitrogens with zero attached hydrogens (tertiary/aromatic N) is 3. The molecule has 1 aromatic carbocycles. The molecule has 0 unspecified atom stereocenters. The molecule has 0 saturated carbocycles. The van der Waals surface area contributed by atoms with Gasteiger partial charge in [0.05, 0.1) is 6.54 Å². The van der Waals surface area contributed by atoms with Crippen molar-refractivity contribution in [3.63, 3.8) is 0 Å². The first-order valence-corrected chi connectivity index (χ1v) is 10.0. The van der Waals surface area contributed by atoms with Gasteiger partial charge in [0, 0.05) is 51.3 Å². The fourth-order valence-electron chi connectivity index (χ4n) is 3.20. The van der Waals surface area contributed by atoms with E-state index >= 15 is 0 Å². The predicted molar refractivity (Wildman–Crippen MR) is 108 cm³/mol. The number of amides is 2. The third kappa shape index (κ3) is 6.05. The molecule has 0 bridgehead atoms. The summed E-state index contributed by atoms with van der Waals surface area (Å²) in [5.41, 5.74) is 0.650. The van der Waals surface area contributed by atoms with E-state index in [1.165, 1.54) is 0 Å². The molecule has 1 heterocycles. The maximum absolute atomic E-state index is 12.4. The minimum atomic E-state index is -0.0663. The zero-order valence-electron chi connectivity index (χ0n) is 17.1. The molecule has 1 fully saturated rings. The van der Waals surface area contributed by atoms with Gasteiger partial charge in [0.25, 0.3) is 5.91 Å². The summed E-state index contributed by atoms with van der Waals surface area (Å²) < 4.78 is 5.56. The van der Waals surface area contributed by atoms with Gasteiger partial charge >= 0.3 is 0 Å². The second kappa shape index (κ2) is 10.8. The zero-order chi connectivity index (χ0) is 20.5. The number of hydrogen-bond donors (Lipinski definition) is 0. The molecule has 0 aliphatic carbocycles. The molecule has 7 nitrogen and oxygen atoms in total. The smallest absolute Gasteiger partial charge is 0.260 e. The van der Waals surface area contributed by atoms with Gasteiger partial charge in [0.1, 0.15) is 5.75 Å². The lowest BCUT2D eigenvalue weighted by molar-refractivity contribution is -0.136. The topological polar surface area (TPSA) is 70.2 Å². The number of Topliss-reactive ketones (excluding diaryl/α,β-unsaturated/α-hetero) is 1. The highest BCUT2D eigenvalue weighted by Gasteiger charge is 2.23. The van der Waals surface area contributed by atoms with E-state index in [1.54, 1.807) is 29.2 Å².